The van der Waals surface area contributed by atoms with Crippen molar-refractivity contribution in [2.75, 3.05) is 37.6 Å². The second-order valence-corrected chi connectivity index (χ2v) is 7.03. The molecule has 0 aliphatic carbocycles. The van der Waals surface area contributed by atoms with Gasteiger partial charge in [0.15, 0.2) is 6.54 Å². The zero-order valence-electron chi connectivity index (χ0n) is 14.9. The van der Waals surface area contributed by atoms with Gasteiger partial charge in [-0.05, 0) is 29.8 Å². The van der Waals surface area contributed by atoms with Crippen molar-refractivity contribution in [2.45, 2.75) is 6.54 Å². The van der Waals surface area contributed by atoms with E-state index in [2.05, 4.69) is 10.2 Å². The average Bonchev–Trinajstić information content (AvgIpc) is 2.68. The van der Waals surface area contributed by atoms with Gasteiger partial charge >= 0.3 is 0 Å². The molecule has 1 amide bonds. The Labute approximate surface area is 162 Å². The summed E-state index contributed by atoms with van der Waals surface area (Å²) < 4.78 is 0. The number of hydrogen-bond acceptors (Lipinski definition) is 4. The summed E-state index contributed by atoms with van der Waals surface area (Å²) in [6, 6.07) is 14.0. The summed E-state index contributed by atoms with van der Waals surface area (Å²) in [5.41, 5.74) is 2.10. The largest absolute Gasteiger partial charge is 0.360 e. The SMILES string of the molecule is O=C(C[NH+]1CCN(c2ccc([N+](=O)[O-])cc2)CC1)NCc1ccc(Cl)cc1. The Balaban J connectivity index is 1.42. The number of benzene rings is 2. The summed E-state index contributed by atoms with van der Waals surface area (Å²) in [6.45, 7) is 4.28. The molecule has 27 heavy (non-hydrogen) atoms. The molecular weight excluding hydrogens is 368 g/mol. The summed E-state index contributed by atoms with van der Waals surface area (Å²) in [6.07, 6.45) is 0. The molecule has 1 saturated heterocycles. The number of non-ortho nitro benzene ring substituents is 1. The fraction of sp³-hybridized carbons (Fsp3) is 0.316. The van der Waals surface area contributed by atoms with E-state index in [9.17, 15) is 14.9 Å². The molecule has 0 spiro atoms. The van der Waals surface area contributed by atoms with Crippen LogP contribution in [0.3, 0.4) is 0 Å². The van der Waals surface area contributed by atoms with E-state index in [-0.39, 0.29) is 11.6 Å². The lowest BCUT2D eigenvalue weighted by Crippen LogP contribution is -3.15. The second kappa shape index (κ2) is 8.83. The lowest BCUT2D eigenvalue weighted by Gasteiger charge is -2.33. The molecule has 0 aromatic heterocycles. The standard InChI is InChI=1S/C19H21ClN4O3/c20-16-3-1-15(2-4-16)13-21-19(25)14-22-9-11-23(12-10-22)17-5-7-18(8-6-17)24(26)27/h1-8H,9-14H2,(H,21,25)/p+1. The van der Waals surface area contributed by atoms with Crippen LogP contribution < -0.4 is 15.1 Å². The predicted molar refractivity (Wildman–Crippen MR) is 104 cm³/mol. The number of nitro benzene ring substituents is 1. The van der Waals surface area contributed by atoms with E-state index >= 15 is 0 Å². The summed E-state index contributed by atoms with van der Waals surface area (Å²) in [5, 5.41) is 14.4. The summed E-state index contributed by atoms with van der Waals surface area (Å²) in [7, 11) is 0. The van der Waals surface area contributed by atoms with Crippen molar-refractivity contribution < 1.29 is 14.6 Å². The minimum absolute atomic E-state index is 0.0312. The first-order valence-corrected chi connectivity index (χ1v) is 9.23. The third kappa shape index (κ3) is 5.42. The number of quaternary nitrogens is 1. The van der Waals surface area contributed by atoms with Crippen LogP contribution in [0.4, 0.5) is 11.4 Å². The molecular formula is C19H22ClN4O3+. The van der Waals surface area contributed by atoms with Gasteiger partial charge in [-0.25, -0.2) is 0 Å². The monoisotopic (exact) mass is 389 g/mol. The summed E-state index contributed by atoms with van der Waals surface area (Å²) in [5.74, 6) is 0.0312. The van der Waals surface area contributed by atoms with Gasteiger partial charge in [0, 0.05) is 29.4 Å². The molecule has 0 unspecified atom stereocenters. The van der Waals surface area contributed by atoms with E-state index in [0.717, 1.165) is 37.4 Å². The first kappa shape index (κ1) is 19.1. The van der Waals surface area contributed by atoms with Crippen LogP contribution in [0.2, 0.25) is 5.02 Å². The van der Waals surface area contributed by atoms with Crippen LogP contribution in [0.5, 0.6) is 0 Å². The molecule has 7 nitrogen and oxygen atoms in total. The van der Waals surface area contributed by atoms with Crippen LogP contribution in [0.15, 0.2) is 48.5 Å². The van der Waals surface area contributed by atoms with Gasteiger partial charge in [0.1, 0.15) is 0 Å². The van der Waals surface area contributed by atoms with Crippen molar-refractivity contribution >= 4 is 28.9 Å². The van der Waals surface area contributed by atoms with E-state index in [1.165, 1.54) is 17.0 Å². The molecule has 3 rings (SSSR count). The lowest BCUT2D eigenvalue weighted by atomic mass is 10.2. The Bertz CT molecular complexity index is 788. The van der Waals surface area contributed by atoms with E-state index in [0.29, 0.717) is 18.1 Å². The smallest absolute Gasteiger partial charge is 0.275 e. The van der Waals surface area contributed by atoms with Gasteiger partial charge in [0.05, 0.1) is 31.1 Å². The van der Waals surface area contributed by atoms with Crippen molar-refractivity contribution in [1.29, 1.82) is 0 Å². The molecule has 1 aliphatic rings. The van der Waals surface area contributed by atoms with Crippen LogP contribution in [-0.2, 0) is 11.3 Å². The van der Waals surface area contributed by atoms with Gasteiger partial charge in [-0.15, -0.1) is 0 Å². The predicted octanol–water partition coefficient (Wildman–Crippen LogP) is 1.27. The Morgan fingerprint density at radius 1 is 1.11 bits per heavy atom. The average molecular weight is 390 g/mol. The fourth-order valence-corrected chi connectivity index (χ4v) is 3.26. The number of halogens is 1. The minimum atomic E-state index is -0.394. The van der Waals surface area contributed by atoms with Gasteiger partial charge in [-0.2, -0.15) is 0 Å². The Morgan fingerprint density at radius 3 is 2.33 bits per heavy atom. The number of carbonyl (C=O) groups is 1. The van der Waals surface area contributed by atoms with E-state index in [1.807, 2.05) is 24.3 Å². The van der Waals surface area contributed by atoms with Gasteiger partial charge in [-0.3, -0.25) is 14.9 Å². The molecule has 1 fully saturated rings. The Hall–Kier alpha value is -2.64. The van der Waals surface area contributed by atoms with E-state index in [4.69, 9.17) is 11.6 Å². The maximum atomic E-state index is 12.2. The molecule has 0 radical (unpaired) electrons. The summed E-state index contributed by atoms with van der Waals surface area (Å²) >= 11 is 5.86. The number of nitro groups is 1. The normalized spacial score (nSPS) is 14.8. The van der Waals surface area contributed by atoms with Crippen molar-refractivity contribution in [1.82, 2.24) is 5.32 Å². The first-order chi connectivity index (χ1) is 13.0. The molecule has 2 aromatic carbocycles. The van der Waals surface area contributed by atoms with Crippen molar-refractivity contribution in [3.8, 4) is 0 Å². The molecule has 0 saturated carbocycles. The third-order valence-corrected chi connectivity index (χ3v) is 4.96. The molecule has 0 atom stereocenters. The number of carbonyl (C=O) groups excluding carboxylic acids is 1. The van der Waals surface area contributed by atoms with Gasteiger partial charge < -0.3 is 15.1 Å². The molecule has 8 heteroatoms. The minimum Gasteiger partial charge on any atom is -0.360 e. The second-order valence-electron chi connectivity index (χ2n) is 6.59. The maximum absolute atomic E-state index is 12.2. The number of anilines is 1. The first-order valence-electron chi connectivity index (χ1n) is 8.85. The van der Waals surface area contributed by atoms with Crippen molar-refractivity contribution in [3.63, 3.8) is 0 Å². The van der Waals surface area contributed by atoms with Gasteiger partial charge in [-0.1, -0.05) is 23.7 Å². The van der Waals surface area contributed by atoms with E-state index in [1.54, 1.807) is 12.1 Å². The van der Waals surface area contributed by atoms with Crippen LogP contribution in [0.1, 0.15) is 5.56 Å². The highest BCUT2D eigenvalue weighted by Gasteiger charge is 2.22. The number of hydrogen-bond donors (Lipinski definition) is 2. The molecule has 1 aliphatic heterocycles. The zero-order valence-corrected chi connectivity index (χ0v) is 15.6. The fourth-order valence-electron chi connectivity index (χ4n) is 3.14. The Morgan fingerprint density at radius 2 is 1.74 bits per heavy atom. The molecule has 0 bridgehead atoms. The number of nitrogens with one attached hydrogen (secondary N) is 2. The quantitative estimate of drug-likeness (QED) is 0.576. The topological polar surface area (TPSA) is 79.9 Å². The number of nitrogens with zero attached hydrogens (tertiary/aromatic N) is 2. The number of amides is 1. The van der Waals surface area contributed by atoms with Gasteiger partial charge in [0.25, 0.3) is 11.6 Å². The molecule has 1 heterocycles. The highest BCUT2D eigenvalue weighted by Crippen LogP contribution is 2.19. The van der Waals surface area contributed by atoms with Crippen molar-refractivity contribution in [2.24, 2.45) is 0 Å². The highest BCUT2D eigenvalue weighted by atomic mass is 35.5. The van der Waals surface area contributed by atoms with Crippen LogP contribution in [0.25, 0.3) is 0 Å². The molecule has 142 valence electrons. The third-order valence-electron chi connectivity index (χ3n) is 4.71. The summed E-state index contributed by atoms with van der Waals surface area (Å²) in [4.78, 5) is 25.9. The lowest BCUT2D eigenvalue weighted by molar-refractivity contribution is -0.892. The Kier molecular flexibility index (Phi) is 6.26. The molecule has 2 aromatic rings. The molecule has 2 N–H and O–H groups in total. The van der Waals surface area contributed by atoms with Crippen LogP contribution >= 0.6 is 11.6 Å². The maximum Gasteiger partial charge on any atom is 0.275 e. The zero-order chi connectivity index (χ0) is 19.2. The van der Waals surface area contributed by atoms with Crippen molar-refractivity contribution in [3.05, 3.63) is 69.2 Å². The number of rotatable bonds is 6. The van der Waals surface area contributed by atoms with Crippen LogP contribution in [0, 0.1) is 10.1 Å². The van der Waals surface area contributed by atoms with E-state index < -0.39 is 4.92 Å². The highest BCUT2D eigenvalue weighted by molar-refractivity contribution is 6.30. The van der Waals surface area contributed by atoms with Gasteiger partial charge in [0.2, 0.25) is 0 Å². The van der Waals surface area contributed by atoms with Crippen LogP contribution in [-0.4, -0.2) is 43.6 Å². The number of piperazine rings is 1.